The Morgan fingerprint density at radius 2 is 2.05 bits per heavy atom. The van der Waals surface area contributed by atoms with Crippen LogP contribution < -0.4 is 5.32 Å². The molecule has 2 rings (SSSR count). The molecule has 0 saturated carbocycles. The highest BCUT2D eigenvalue weighted by Gasteiger charge is 2.30. The van der Waals surface area contributed by atoms with Gasteiger partial charge >= 0.3 is 0 Å². The number of nitrogens with one attached hydrogen (secondary N) is 1. The Morgan fingerprint density at radius 3 is 2.65 bits per heavy atom. The molecule has 0 radical (unpaired) electrons. The molecule has 1 N–H and O–H groups in total. The zero-order valence-electron chi connectivity index (χ0n) is 12.0. The molecule has 1 fully saturated rings. The summed E-state index contributed by atoms with van der Waals surface area (Å²) in [7, 11) is -3.35. The Bertz CT molecular complexity index is 529. The van der Waals surface area contributed by atoms with Crippen molar-refractivity contribution in [3.8, 4) is 0 Å². The third-order valence-electron chi connectivity index (χ3n) is 3.42. The van der Waals surface area contributed by atoms with Crippen molar-refractivity contribution in [2.45, 2.75) is 31.3 Å². The first-order valence-corrected chi connectivity index (χ1v) is 9.54. The van der Waals surface area contributed by atoms with Crippen molar-refractivity contribution in [1.82, 2.24) is 9.62 Å². The second-order valence-electron chi connectivity index (χ2n) is 4.96. The van der Waals surface area contributed by atoms with E-state index in [-0.39, 0.29) is 6.04 Å². The van der Waals surface area contributed by atoms with Gasteiger partial charge < -0.3 is 5.32 Å². The summed E-state index contributed by atoms with van der Waals surface area (Å²) in [6, 6.07) is 7.28. The summed E-state index contributed by atoms with van der Waals surface area (Å²) >= 11 is 1.82. The van der Waals surface area contributed by atoms with E-state index in [2.05, 4.69) is 12.2 Å². The highest BCUT2D eigenvalue weighted by molar-refractivity contribution is 7.99. The van der Waals surface area contributed by atoms with Gasteiger partial charge in [-0.1, -0.05) is 19.1 Å². The van der Waals surface area contributed by atoms with E-state index in [9.17, 15) is 8.42 Å². The van der Waals surface area contributed by atoms with E-state index in [1.165, 1.54) is 0 Å². The van der Waals surface area contributed by atoms with Gasteiger partial charge in [-0.2, -0.15) is 16.1 Å². The lowest BCUT2D eigenvalue weighted by molar-refractivity contribution is 0.367. The normalized spacial score (nSPS) is 21.0. The molecule has 0 spiro atoms. The summed E-state index contributed by atoms with van der Waals surface area (Å²) in [6.45, 7) is 6.31. The smallest absolute Gasteiger partial charge is 0.243 e. The van der Waals surface area contributed by atoms with E-state index in [0.29, 0.717) is 11.4 Å². The molecule has 0 amide bonds. The number of rotatable bonds is 5. The van der Waals surface area contributed by atoms with E-state index in [1.807, 2.05) is 30.8 Å². The van der Waals surface area contributed by atoms with Crippen LogP contribution in [0.1, 0.15) is 19.4 Å². The van der Waals surface area contributed by atoms with Crippen molar-refractivity contribution in [2.75, 3.05) is 24.6 Å². The second-order valence-corrected chi connectivity index (χ2v) is 8.00. The summed E-state index contributed by atoms with van der Waals surface area (Å²) in [5.41, 5.74) is 1.10. The Hall–Kier alpha value is -0.560. The van der Waals surface area contributed by atoms with Crippen LogP contribution in [0.5, 0.6) is 0 Å². The van der Waals surface area contributed by atoms with Gasteiger partial charge in [0.1, 0.15) is 0 Å². The summed E-state index contributed by atoms with van der Waals surface area (Å²) in [5.74, 6) is 1.75. The fourth-order valence-corrected chi connectivity index (χ4v) is 5.11. The molecule has 1 aromatic rings. The lowest BCUT2D eigenvalue weighted by Crippen LogP contribution is -2.44. The molecular weight excluding hydrogens is 292 g/mol. The van der Waals surface area contributed by atoms with Crippen LogP contribution >= 0.6 is 11.8 Å². The minimum Gasteiger partial charge on any atom is -0.313 e. The fraction of sp³-hybridized carbons (Fsp3) is 0.571. The van der Waals surface area contributed by atoms with Crippen molar-refractivity contribution in [3.05, 3.63) is 29.8 Å². The van der Waals surface area contributed by atoms with Gasteiger partial charge in [0.2, 0.25) is 10.0 Å². The van der Waals surface area contributed by atoms with Gasteiger partial charge in [0.25, 0.3) is 0 Å². The van der Waals surface area contributed by atoms with Crippen LogP contribution in [0.2, 0.25) is 0 Å². The average Bonchev–Trinajstić information content (AvgIpc) is 2.46. The van der Waals surface area contributed by atoms with Crippen LogP contribution in [-0.2, 0) is 16.6 Å². The van der Waals surface area contributed by atoms with Gasteiger partial charge in [-0.15, -0.1) is 0 Å². The highest BCUT2D eigenvalue weighted by atomic mass is 32.2. The van der Waals surface area contributed by atoms with Crippen LogP contribution in [-0.4, -0.2) is 43.4 Å². The number of hydrogen-bond donors (Lipinski definition) is 1. The first-order chi connectivity index (χ1) is 9.55. The summed E-state index contributed by atoms with van der Waals surface area (Å²) < 4.78 is 26.9. The molecule has 112 valence electrons. The van der Waals surface area contributed by atoms with Gasteiger partial charge in [0.15, 0.2) is 0 Å². The van der Waals surface area contributed by atoms with Crippen LogP contribution in [0, 0.1) is 0 Å². The van der Waals surface area contributed by atoms with Crippen LogP contribution in [0.4, 0.5) is 0 Å². The van der Waals surface area contributed by atoms with Gasteiger partial charge in [0.05, 0.1) is 4.90 Å². The van der Waals surface area contributed by atoms with Gasteiger partial charge in [0, 0.05) is 30.6 Å². The molecule has 1 unspecified atom stereocenters. The Balaban J connectivity index is 2.16. The van der Waals surface area contributed by atoms with Crippen molar-refractivity contribution in [3.63, 3.8) is 0 Å². The monoisotopic (exact) mass is 314 g/mol. The maximum absolute atomic E-state index is 12.6. The van der Waals surface area contributed by atoms with E-state index in [0.717, 1.165) is 30.2 Å². The zero-order valence-corrected chi connectivity index (χ0v) is 13.6. The lowest BCUT2D eigenvalue weighted by Gasteiger charge is -2.31. The number of hydrogen-bond acceptors (Lipinski definition) is 4. The number of sulfonamides is 1. The SMILES string of the molecule is CCNCc1ccc(S(=O)(=O)N2CCSCC2C)cc1. The molecule has 1 aliphatic heterocycles. The van der Waals surface area contributed by atoms with E-state index < -0.39 is 10.0 Å². The molecule has 20 heavy (non-hydrogen) atoms. The lowest BCUT2D eigenvalue weighted by atomic mass is 10.2. The fourth-order valence-electron chi connectivity index (χ4n) is 2.25. The van der Waals surface area contributed by atoms with Crippen molar-refractivity contribution in [2.24, 2.45) is 0 Å². The van der Waals surface area contributed by atoms with Gasteiger partial charge in [-0.25, -0.2) is 8.42 Å². The average molecular weight is 314 g/mol. The quantitative estimate of drug-likeness (QED) is 0.902. The minimum atomic E-state index is -3.35. The molecule has 1 saturated heterocycles. The predicted molar refractivity (Wildman–Crippen MR) is 84.5 cm³/mol. The van der Waals surface area contributed by atoms with Crippen molar-refractivity contribution < 1.29 is 8.42 Å². The number of thioether (sulfide) groups is 1. The zero-order chi connectivity index (χ0) is 14.6. The van der Waals surface area contributed by atoms with Crippen LogP contribution in [0.15, 0.2) is 29.2 Å². The molecule has 1 aromatic carbocycles. The van der Waals surface area contributed by atoms with E-state index in [4.69, 9.17) is 0 Å². The molecule has 0 bridgehead atoms. The third kappa shape index (κ3) is 3.55. The molecule has 0 aromatic heterocycles. The van der Waals surface area contributed by atoms with E-state index in [1.54, 1.807) is 16.4 Å². The van der Waals surface area contributed by atoms with E-state index >= 15 is 0 Å². The van der Waals surface area contributed by atoms with Gasteiger partial charge in [-0.05, 0) is 31.2 Å². The number of nitrogens with zero attached hydrogens (tertiary/aromatic N) is 1. The maximum Gasteiger partial charge on any atom is 0.243 e. The summed E-state index contributed by atoms with van der Waals surface area (Å²) in [6.07, 6.45) is 0. The number of benzene rings is 1. The largest absolute Gasteiger partial charge is 0.313 e. The molecule has 4 nitrogen and oxygen atoms in total. The molecular formula is C14H22N2O2S2. The Kier molecular flexibility index (Phi) is 5.49. The summed E-state index contributed by atoms with van der Waals surface area (Å²) in [4.78, 5) is 0.400. The molecule has 1 atom stereocenters. The topological polar surface area (TPSA) is 49.4 Å². The minimum absolute atomic E-state index is 0.0696. The van der Waals surface area contributed by atoms with Crippen molar-refractivity contribution in [1.29, 1.82) is 0 Å². The third-order valence-corrected chi connectivity index (χ3v) is 6.63. The molecule has 6 heteroatoms. The molecule has 1 heterocycles. The maximum atomic E-state index is 12.6. The Labute approximate surface area is 126 Å². The Morgan fingerprint density at radius 1 is 1.35 bits per heavy atom. The summed E-state index contributed by atoms with van der Waals surface area (Å²) in [5, 5.41) is 3.23. The highest BCUT2D eigenvalue weighted by Crippen LogP contribution is 2.24. The van der Waals surface area contributed by atoms with Gasteiger partial charge in [-0.3, -0.25) is 0 Å². The second kappa shape index (κ2) is 6.93. The first-order valence-electron chi connectivity index (χ1n) is 6.95. The molecule has 0 aliphatic carbocycles. The predicted octanol–water partition coefficient (Wildman–Crippen LogP) is 1.92. The molecule has 1 aliphatic rings. The van der Waals surface area contributed by atoms with Crippen LogP contribution in [0.25, 0.3) is 0 Å². The first kappa shape index (κ1) is 15.8. The standard InChI is InChI=1S/C14H22N2O2S2/c1-3-15-10-13-4-6-14(7-5-13)20(17,18)16-8-9-19-11-12(16)2/h4-7,12,15H,3,8-11H2,1-2H3. The van der Waals surface area contributed by atoms with Crippen molar-refractivity contribution >= 4 is 21.8 Å². The van der Waals surface area contributed by atoms with Crippen LogP contribution in [0.3, 0.4) is 0 Å².